The molecule has 1 fully saturated rings. The van der Waals surface area contributed by atoms with Gasteiger partial charge in [0, 0.05) is 6.54 Å². The molecule has 0 spiro atoms. The molecule has 1 aromatic rings. The lowest BCUT2D eigenvalue weighted by Crippen LogP contribution is -2.34. The number of hydrogen-bond acceptors (Lipinski definition) is 5. The van der Waals surface area contributed by atoms with E-state index in [1.165, 1.54) is 14.2 Å². The molecule has 1 atom stereocenters. The molecule has 102 valence electrons. The van der Waals surface area contributed by atoms with Gasteiger partial charge in [0.05, 0.1) is 33.5 Å². The molecule has 2 rings (SSSR count). The van der Waals surface area contributed by atoms with Crippen molar-refractivity contribution in [1.29, 1.82) is 0 Å². The first-order valence-corrected chi connectivity index (χ1v) is 5.52. The third-order valence-electron chi connectivity index (χ3n) is 2.83. The van der Waals surface area contributed by atoms with Crippen molar-refractivity contribution in [3.05, 3.63) is 17.7 Å². The van der Waals surface area contributed by atoms with Gasteiger partial charge in [-0.15, -0.1) is 12.4 Å². The number of hydrogen-bond donors (Lipinski definition) is 2. The summed E-state index contributed by atoms with van der Waals surface area (Å²) in [6, 6.07) is 3.70. The number of rotatable bonds is 3. The number of nitrogens with one attached hydrogen (secondary N) is 1. The summed E-state index contributed by atoms with van der Waals surface area (Å²) in [5.74, 6) is 0.842. The Hall–Kier alpha value is -1.17. The average molecular weight is 276 g/mol. The summed E-state index contributed by atoms with van der Waals surface area (Å²) in [7, 11) is 3.03. The summed E-state index contributed by atoms with van der Waals surface area (Å²) in [5.41, 5.74) is 0.983. The van der Waals surface area contributed by atoms with E-state index < -0.39 is 0 Å². The van der Waals surface area contributed by atoms with Crippen LogP contribution in [0.1, 0.15) is 11.6 Å². The molecular weight excluding hydrogens is 258 g/mol. The number of phenols is 1. The first kappa shape index (κ1) is 14.9. The van der Waals surface area contributed by atoms with Crippen molar-refractivity contribution in [3.63, 3.8) is 0 Å². The van der Waals surface area contributed by atoms with E-state index in [2.05, 4.69) is 5.32 Å². The summed E-state index contributed by atoms with van der Waals surface area (Å²) in [5, 5.41) is 13.1. The largest absolute Gasteiger partial charge is 0.502 e. The molecule has 1 saturated heterocycles. The van der Waals surface area contributed by atoms with Crippen LogP contribution in [0.25, 0.3) is 0 Å². The van der Waals surface area contributed by atoms with Crippen LogP contribution in [0, 0.1) is 0 Å². The van der Waals surface area contributed by atoms with Crippen molar-refractivity contribution in [2.24, 2.45) is 0 Å². The summed E-state index contributed by atoms with van der Waals surface area (Å²) >= 11 is 0. The molecule has 5 nitrogen and oxygen atoms in total. The first-order chi connectivity index (χ1) is 8.26. The van der Waals surface area contributed by atoms with Gasteiger partial charge >= 0.3 is 0 Å². The van der Waals surface area contributed by atoms with Crippen molar-refractivity contribution in [1.82, 2.24) is 5.32 Å². The second-order valence-corrected chi connectivity index (χ2v) is 3.86. The standard InChI is InChI=1S/C12H17NO4.ClH/c1-15-10-5-8(6-11(16-2)12(10)14)9-7-17-4-3-13-9;/h5-6,9,13-14H,3-4,7H2,1-2H3;1H/t9-;/m0./s1. The van der Waals surface area contributed by atoms with E-state index in [1.807, 2.05) is 0 Å². The van der Waals surface area contributed by atoms with Crippen molar-refractivity contribution >= 4 is 12.4 Å². The molecule has 1 aromatic carbocycles. The summed E-state index contributed by atoms with van der Waals surface area (Å²) in [6.45, 7) is 2.15. The molecule has 6 heteroatoms. The van der Waals surface area contributed by atoms with E-state index >= 15 is 0 Å². The van der Waals surface area contributed by atoms with Crippen LogP contribution in [0.3, 0.4) is 0 Å². The Morgan fingerprint density at radius 1 is 1.28 bits per heavy atom. The van der Waals surface area contributed by atoms with Gasteiger partial charge in [0.2, 0.25) is 5.75 Å². The Morgan fingerprint density at radius 3 is 2.33 bits per heavy atom. The highest BCUT2D eigenvalue weighted by Gasteiger charge is 2.19. The molecule has 0 aromatic heterocycles. The molecule has 0 saturated carbocycles. The Balaban J connectivity index is 0.00000162. The van der Waals surface area contributed by atoms with Crippen molar-refractivity contribution in [2.45, 2.75) is 6.04 Å². The van der Waals surface area contributed by atoms with Crippen LogP contribution >= 0.6 is 12.4 Å². The van der Waals surface area contributed by atoms with Crippen LogP contribution < -0.4 is 14.8 Å². The van der Waals surface area contributed by atoms with Gasteiger partial charge in [0.15, 0.2) is 11.5 Å². The number of halogens is 1. The molecule has 1 heterocycles. The zero-order valence-electron chi connectivity index (χ0n) is 10.4. The normalized spacial score (nSPS) is 18.9. The van der Waals surface area contributed by atoms with Crippen molar-refractivity contribution < 1.29 is 19.3 Å². The van der Waals surface area contributed by atoms with E-state index in [-0.39, 0.29) is 24.2 Å². The molecule has 0 radical (unpaired) electrons. The van der Waals surface area contributed by atoms with Crippen molar-refractivity contribution in [2.75, 3.05) is 34.0 Å². The number of morpholine rings is 1. The molecule has 1 aliphatic rings. The quantitative estimate of drug-likeness (QED) is 0.875. The maximum atomic E-state index is 9.81. The third-order valence-corrected chi connectivity index (χ3v) is 2.83. The summed E-state index contributed by atoms with van der Waals surface area (Å²) in [4.78, 5) is 0. The number of benzene rings is 1. The smallest absolute Gasteiger partial charge is 0.200 e. The Labute approximate surface area is 112 Å². The van der Waals surface area contributed by atoms with Crippen LogP contribution in [0.15, 0.2) is 12.1 Å². The molecular formula is C12H18ClNO4. The van der Waals surface area contributed by atoms with Gasteiger partial charge in [-0.05, 0) is 17.7 Å². The van der Waals surface area contributed by atoms with Gasteiger partial charge in [0.1, 0.15) is 0 Å². The average Bonchev–Trinajstić information content (AvgIpc) is 2.40. The molecule has 1 aliphatic heterocycles. The van der Waals surface area contributed by atoms with Gasteiger partial charge in [-0.25, -0.2) is 0 Å². The number of phenolic OH excluding ortho intramolecular Hbond substituents is 1. The first-order valence-electron chi connectivity index (χ1n) is 5.52. The molecule has 2 N–H and O–H groups in total. The van der Waals surface area contributed by atoms with Gasteiger partial charge in [-0.2, -0.15) is 0 Å². The monoisotopic (exact) mass is 275 g/mol. The second-order valence-electron chi connectivity index (χ2n) is 3.86. The highest BCUT2D eigenvalue weighted by atomic mass is 35.5. The number of aromatic hydroxyl groups is 1. The van der Waals surface area contributed by atoms with Crippen LogP contribution in [0.2, 0.25) is 0 Å². The van der Waals surface area contributed by atoms with Crippen molar-refractivity contribution in [3.8, 4) is 17.2 Å². The van der Waals surface area contributed by atoms with Gasteiger partial charge in [0.25, 0.3) is 0 Å². The van der Waals surface area contributed by atoms with E-state index in [4.69, 9.17) is 14.2 Å². The predicted octanol–water partition coefficient (Wildman–Crippen LogP) is 1.49. The lowest BCUT2D eigenvalue weighted by atomic mass is 10.1. The number of methoxy groups -OCH3 is 2. The van der Waals surface area contributed by atoms with Crippen LogP contribution in [-0.2, 0) is 4.74 Å². The maximum absolute atomic E-state index is 9.81. The molecule has 0 amide bonds. The fourth-order valence-corrected chi connectivity index (χ4v) is 1.89. The second kappa shape index (κ2) is 6.68. The minimum absolute atomic E-state index is 0. The minimum Gasteiger partial charge on any atom is -0.502 e. The highest BCUT2D eigenvalue weighted by molar-refractivity contribution is 5.85. The summed E-state index contributed by atoms with van der Waals surface area (Å²) in [6.07, 6.45) is 0. The maximum Gasteiger partial charge on any atom is 0.200 e. The summed E-state index contributed by atoms with van der Waals surface area (Å²) < 4.78 is 15.6. The zero-order chi connectivity index (χ0) is 12.3. The van der Waals surface area contributed by atoms with Crippen LogP contribution in [-0.4, -0.2) is 39.1 Å². The van der Waals surface area contributed by atoms with Gasteiger partial charge < -0.3 is 24.6 Å². The van der Waals surface area contributed by atoms with E-state index in [0.717, 1.165) is 18.7 Å². The lowest BCUT2D eigenvalue weighted by molar-refractivity contribution is 0.0767. The van der Waals surface area contributed by atoms with Crippen LogP contribution in [0.5, 0.6) is 17.2 Å². The van der Waals surface area contributed by atoms with E-state index in [1.54, 1.807) is 12.1 Å². The van der Waals surface area contributed by atoms with E-state index in [0.29, 0.717) is 18.1 Å². The Kier molecular flexibility index (Phi) is 5.53. The Bertz CT molecular complexity index is 369. The van der Waals surface area contributed by atoms with Gasteiger partial charge in [-0.1, -0.05) is 0 Å². The molecule has 0 unspecified atom stereocenters. The number of ether oxygens (including phenoxy) is 3. The SMILES string of the molecule is COc1cc([C@@H]2COCCN2)cc(OC)c1O.Cl. The predicted molar refractivity (Wildman–Crippen MR) is 70.0 cm³/mol. The molecule has 0 aliphatic carbocycles. The molecule has 18 heavy (non-hydrogen) atoms. The minimum atomic E-state index is 0. The van der Waals surface area contributed by atoms with Gasteiger partial charge in [-0.3, -0.25) is 0 Å². The molecule has 0 bridgehead atoms. The van der Waals surface area contributed by atoms with Crippen LogP contribution in [0.4, 0.5) is 0 Å². The van der Waals surface area contributed by atoms with E-state index in [9.17, 15) is 5.11 Å². The fraction of sp³-hybridized carbons (Fsp3) is 0.500. The third kappa shape index (κ3) is 2.98. The topological polar surface area (TPSA) is 60.0 Å². The Morgan fingerprint density at radius 2 is 1.89 bits per heavy atom. The zero-order valence-corrected chi connectivity index (χ0v) is 11.3. The fourth-order valence-electron chi connectivity index (χ4n) is 1.89. The lowest BCUT2D eigenvalue weighted by Gasteiger charge is -2.25. The highest BCUT2D eigenvalue weighted by Crippen LogP contribution is 2.38.